The first kappa shape index (κ1) is 19.4. The van der Waals surface area contributed by atoms with Gasteiger partial charge in [0.25, 0.3) is 5.91 Å². The topological polar surface area (TPSA) is 78.4 Å². The van der Waals surface area contributed by atoms with E-state index in [4.69, 9.17) is 0 Å². The smallest absolute Gasteiger partial charge is 0.251 e. The zero-order chi connectivity index (χ0) is 18.4. The molecular formula is C20H30N2O3. The summed E-state index contributed by atoms with van der Waals surface area (Å²) in [5.41, 5.74) is 1.58. The van der Waals surface area contributed by atoms with E-state index in [1.807, 2.05) is 39.0 Å². The van der Waals surface area contributed by atoms with Crippen LogP contribution in [0.2, 0.25) is 0 Å². The van der Waals surface area contributed by atoms with Crippen LogP contribution in [0, 0.1) is 18.8 Å². The Labute approximate surface area is 150 Å². The standard InChI is InChI=1S/C20H30N2O3/c1-13(2)18(22-19(24)16-6-4-5-14(3)11-16)20(25)21-17-9-7-15(12-23)8-10-17/h4-6,11,13,15,17-18,23H,7-10,12H2,1-3H3,(H,21,25)(H,22,24). The van der Waals surface area contributed by atoms with E-state index in [-0.39, 0.29) is 30.4 Å². The van der Waals surface area contributed by atoms with E-state index in [0.717, 1.165) is 31.2 Å². The minimum atomic E-state index is -0.552. The maximum absolute atomic E-state index is 12.7. The van der Waals surface area contributed by atoms with Gasteiger partial charge >= 0.3 is 0 Å². The fourth-order valence-corrected chi connectivity index (χ4v) is 3.33. The lowest BCUT2D eigenvalue weighted by molar-refractivity contribution is -0.125. The minimum absolute atomic E-state index is 0.00235. The number of nitrogens with one attached hydrogen (secondary N) is 2. The second-order valence-electron chi connectivity index (χ2n) is 7.47. The Kier molecular flexibility index (Phi) is 7.00. The number of aliphatic hydroxyl groups excluding tert-OH is 1. The summed E-state index contributed by atoms with van der Waals surface area (Å²) < 4.78 is 0. The lowest BCUT2D eigenvalue weighted by Gasteiger charge is -2.30. The fourth-order valence-electron chi connectivity index (χ4n) is 3.33. The molecule has 2 amide bonds. The number of benzene rings is 1. The Morgan fingerprint density at radius 2 is 1.88 bits per heavy atom. The van der Waals surface area contributed by atoms with Crippen LogP contribution in [0.5, 0.6) is 0 Å². The lowest BCUT2D eigenvalue weighted by atomic mass is 9.86. The Bertz CT molecular complexity index is 592. The zero-order valence-corrected chi connectivity index (χ0v) is 15.4. The predicted molar refractivity (Wildman–Crippen MR) is 98.2 cm³/mol. The number of rotatable bonds is 6. The number of aliphatic hydroxyl groups is 1. The molecule has 0 aliphatic heterocycles. The van der Waals surface area contributed by atoms with Crippen LogP contribution in [0.25, 0.3) is 0 Å². The van der Waals surface area contributed by atoms with Crippen LogP contribution in [0.4, 0.5) is 0 Å². The maximum Gasteiger partial charge on any atom is 0.251 e. The number of hydrogen-bond donors (Lipinski definition) is 3. The highest BCUT2D eigenvalue weighted by molar-refractivity contribution is 5.97. The third-order valence-electron chi connectivity index (χ3n) is 4.97. The first-order chi connectivity index (χ1) is 11.9. The third kappa shape index (κ3) is 5.56. The molecule has 25 heavy (non-hydrogen) atoms. The van der Waals surface area contributed by atoms with Crippen molar-refractivity contribution in [2.24, 2.45) is 11.8 Å². The lowest BCUT2D eigenvalue weighted by Crippen LogP contribution is -2.52. The maximum atomic E-state index is 12.7. The van der Waals surface area contributed by atoms with Crippen molar-refractivity contribution < 1.29 is 14.7 Å². The normalized spacial score (nSPS) is 21.6. The van der Waals surface area contributed by atoms with E-state index < -0.39 is 6.04 Å². The largest absolute Gasteiger partial charge is 0.396 e. The van der Waals surface area contributed by atoms with Crippen LogP contribution in [0.1, 0.15) is 55.5 Å². The molecule has 5 heteroatoms. The van der Waals surface area contributed by atoms with Crippen LogP contribution < -0.4 is 10.6 Å². The number of amides is 2. The highest BCUT2D eigenvalue weighted by Crippen LogP contribution is 2.23. The van der Waals surface area contributed by atoms with E-state index in [0.29, 0.717) is 11.5 Å². The average molecular weight is 346 g/mol. The quantitative estimate of drug-likeness (QED) is 0.740. The van der Waals surface area contributed by atoms with Crippen molar-refractivity contribution >= 4 is 11.8 Å². The molecule has 1 aromatic carbocycles. The van der Waals surface area contributed by atoms with Crippen molar-refractivity contribution in [3.8, 4) is 0 Å². The van der Waals surface area contributed by atoms with Crippen molar-refractivity contribution in [1.29, 1.82) is 0 Å². The Morgan fingerprint density at radius 3 is 2.44 bits per heavy atom. The van der Waals surface area contributed by atoms with E-state index in [1.165, 1.54) is 0 Å². The molecule has 1 saturated carbocycles. The van der Waals surface area contributed by atoms with Crippen LogP contribution in [0.15, 0.2) is 24.3 Å². The van der Waals surface area contributed by atoms with Gasteiger partial charge in [-0.3, -0.25) is 9.59 Å². The highest BCUT2D eigenvalue weighted by Gasteiger charge is 2.28. The molecule has 1 aliphatic rings. The SMILES string of the molecule is Cc1cccc(C(=O)NC(C(=O)NC2CCC(CO)CC2)C(C)C)c1. The van der Waals surface area contributed by atoms with E-state index in [2.05, 4.69) is 10.6 Å². The second kappa shape index (κ2) is 8.99. The predicted octanol–water partition coefficient (Wildman–Crippen LogP) is 2.42. The molecule has 3 N–H and O–H groups in total. The molecule has 0 spiro atoms. The summed E-state index contributed by atoms with van der Waals surface area (Å²) in [5, 5.41) is 15.2. The van der Waals surface area contributed by atoms with E-state index >= 15 is 0 Å². The molecule has 1 atom stereocenters. The molecule has 138 valence electrons. The van der Waals surface area contributed by atoms with Gasteiger partial charge in [0, 0.05) is 18.2 Å². The number of hydrogen-bond acceptors (Lipinski definition) is 3. The molecule has 0 aromatic heterocycles. The van der Waals surface area contributed by atoms with Crippen molar-refractivity contribution in [3.05, 3.63) is 35.4 Å². The van der Waals surface area contributed by atoms with Gasteiger partial charge in [0.1, 0.15) is 6.04 Å². The first-order valence-corrected chi connectivity index (χ1v) is 9.19. The number of aryl methyl sites for hydroxylation is 1. The van der Waals surface area contributed by atoms with Gasteiger partial charge in [0.2, 0.25) is 5.91 Å². The van der Waals surface area contributed by atoms with Crippen LogP contribution in [0.3, 0.4) is 0 Å². The van der Waals surface area contributed by atoms with Crippen molar-refractivity contribution in [2.45, 2.75) is 58.5 Å². The third-order valence-corrected chi connectivity index (χ3v) is 4.97. The van der Waals surface area contributed by atoms with Crippen molar-refractivity contribution in [2.75, 3.05) is 6.61 Å². The molecule has 0 bridgehead atoms. The number of carbonyl (C=O) groups excluding carboxylic acids is 2. The van der Waals surface area contributed by atoms with Gasteiger partial charge in [-0.2, -0.15) is 0 Å². The average Bonchev–Trinajstić information content (AvgIpc) is 2.59. The fraction of sp³-hybridized carbons (Fsp3) is 0.600. The first-order valence-electron chi connectivity index (χ1n) is 9.19. The van der Waals surface area contributed by atoms with Gasteiger partial charge < -0.3 is 15.7 Å². The van der Waals surface area contributed by atoms with Crippen molar-refractivity contribution in [3.63, 3.8) is 0 Å². The Hall–Kier alpha value is -1.88. The van der Waals surface area contributed by atoms with Gasteiger partial charge in [0.05, 0.1) is 0 Å². The monoisotopic (exact) mass is 346 g/mol. The van der Waals surface area contributed by atoms with Crippen molar-refractivity contribution in [1.82, 2.24) is 10.6 Å². The summed E-state index contributed by atoms with van der Waals surface area (Å²) in [6.45, 7) is 6.03. The van der Waals surface area contributed by atoms with Crippen LogP contribution in [-0.2, 0) is 4.79 Å². The van der Waals surface area contributed by atoms with Gasteiger partial charge in [-0.15, -0.1) is 0 Å². The molecule has 1 aliphatic carbocycles. The van der Waals surface area contributed by atoms with Crippen LogP contribution in [-0.4, -0.2) is 35.6 Å². The molecule has 0 radical (unpaired) electrons. The Morgan fingerprint density at radius 1 is 1.20 bits per heavy atom. The Balaban J connectivity index is 1.95. The molecule has 5 nitrogen and oxygen atoms in total. The molecular weight excluding hydrogens is 316 g/mol. The zero-order valence-electron chi connectivity index (χ0n) is 15.4. The second-order valence-corrected chi connectivity index (χ2v) is 7.47. The summed E-state index contributed by atoms with van der Waals surface area (Å²) in [6, 6.07) is 6.94. The molecule has 0 heterocycles. The highest BCUT2D eigenvalue weighted by atomic mass is 16.3. The van der Waals surface area contributed by atoms with Gasteiger partial charge in [-0.25, -0.2) is 0 Å². The van der Waals surface area contributed by atoms with E-state index in [1.54, 1.807) is 6.07 Å². The summed E-state index contributed by atoms with van der Waals surface area (Å²) in [7, 11) is 0. The van der Waals surface area contributed by atoms with E-state index in [9.17, 15) is 14.7 Å². The summed E-state index contributed by atoms with van der Waals surface area (Å²) in [5.74, 6) is 0.0163. The van der Waals surface area contributed by atoms with Crippen LogP contribution >= 0.6 is 0 Å². The summed E-state index contributed by atoms with van der Waals surface area (Å²) in [6.07, 6.45) is 3.63. The molecule has 0 saturated heterocycles. The minimum Gasteiger partial charge on any atom is -0.396 e. The van der Waals surface area contributed by atoms with Gasteiger partial charge in [0.15, 0.2) is 0 Å². The summed E-state index contributed by atoms with van der Waals surface area (Å²) in [4.78, 5) is 25.1. The van der Waals surface area contributed by atoms with Gasteiger partial charge in [-0.1, -0.05) is 31.5 Å². The summed E-state index contributed by atoms with van der Waals surface area (Å²) >= 11 is 0. The molecule has 2 rings (SSSR count). The van der Waals surface area contributed by atoms with Gasteiger partial charge in [-0.05, 0) is 56.6 Å². The molecule has 1 unspecified atom stereocenters. The molecule has 1 aromatic rings. The molecule has 1 fully saturated rings. The number of carbonyl (C=O) groups is 2.